The number of aromatic carboxylic acids is 1. The summed E-state index contributed by atoms with van der Waals surface area (Å²) in [7, 11) is 0. The number of hydrogen-bond acceptors (Lipinski definition) is 4. The number of nitrogens with zero attached hydrogens (tertiary/aromatic N) is 4. The SMILES string of the molecule is CCN(CCn1nnc2c(C(=O)O)cccc21)C1CC1. The van der Waals surface area contributed by atoms with Gasteiger partial charge >= 0.3 is 5.97 Å². The summed E-state index contributed by atoms with van der Waals surface area (Å²) in [4.78, 5) is 13.6. The van der Waals surface area contributed by atoms with Crippen LogP contribution in [0.1, 0.15) is 30.1 Å². The second kappa shape index (κ2) is 5.20. The van der Waals surface area contributed by atoms with Gasteiger partial charge in [-0.15, -0.1) is 5.10 Å². The summed E-state index contributed by atoms with van der Waals surface area (Å²) in [6.07, 6.45) is 2.57. The summed E-state index contributed by atoms with van der Waals surface area (Å²) >= 11 is 0. The number of carbonyl (C=O) groups is 1. The molecule has 1 heterocycles. The summed E-state index contributed by atoms with van der Waals surface area (Å²) in [5, 5.41) is 17.3. The third-order valence-corrected chi connectivity index (χ3v) is 3.84. The van der Waals surface area contributed by atoms with Crippen LogP contribution >= 0.6 is 0 Å². The molecule has 0 aliphatic heterocycles. The highest BCUT2D eigenvalue weighted by Gasteiger charge is 2.27. The minimum atomic E-state index is -0.962. The van der Waals surface area contributed by atoms with Crippen molar-refractivity contribution in [2.45, 2.75) is 32.4 Å². The van der Waals surface area contributed by atoms with E-state index < -0.39 is 5.97 Å². The number of hydrogen-bond donors (Lipinski definition) is 1. The summed E-state index contributed by atoms with van der Waals surface area (Å²) in [5.41, 5.74) is 1.47. The number of carboxylic acids is 1. The summed E-state index contributed by atoms with van der Waals surface area (Å²) in [6, 6.07) is 5.90. The molecule has 1 N–H and O–H groups in total. The van der Waals surface area contributed by atoms with E-state index in [-0.39, 0.29) is 5.56 Å². The minimum absolute atomic E-state index is 0.211. The van der Waals surface area contributed by atoms with Gasteiger partial charge in [-0.25, -0.2) is 9.48 Å². The lowest BCUT2D eigenvalue weighted by atomic mass is 10.2. The molecule has 0 bridgehead atoms. The molecule has 6 nitrogen and oxygen atoms in total. The number of fused-ring (bicyclic) bond motifs is 1. The van der Waals surface area contributed by atoms with Gasteiger partial charge in [-0.1, -0.05) is 18.2 Å². The molecule has 0 saturated heterocycles. The molecular formula is C14H18N4O2. The number of carboxylic acid groups (broad SMARTS) is 1. The Morgan fingerprint density at radius 1 is 1.50 bits per heavy atom. The van der Waals surface area contributed by atoms with Crippen LogP contribution in [0.25, 0.3) is 11.0 Å². The molecule has 1 aliphatic carbocycles. The van der Waals surface area contributed by atoms with E-state index in [0.717, 1.165) is 31.2 Å². The van der Waals surface area contributed by atoms with Crippen LogP contribution in [0.15, 0.2) is 18.2 Å². The smallest absolute Gasteiger partial charge is 0.338 e. The monoisotopic (exact) mass is 274 g/mol. The predicted molar refractivity (Wildman–Crippen MR) is 74.8 cm³/mol. The maximum Gasteiger partial charge on any atom is 0.338 e. The normalized spacial score (nSPS) is 15.1. The fourth-order valence-corrected chi connectivity index (χ4v) is 2.59. The Hall–Kier alpha value is -1.95. The maximum absolute atomic E-state index is 11.1. The Morgan fingerprint density at radius 2 is 2.30 bits per heavy atom. The van der Waals surface area contributed by atoms with Crippen LogP contribution < -0.4 is 0 Å². The standard InChI is InChI=1S/C14H18N4O2/c1-2-17(10-6-7-10)8-9-18-12-5-3-4-11(14(19)20)13(12)15-16-18/h3-5,10H,2,6-9H2,1H3,(H,19,20). The van der Waals surface area contributed by atoms with Crippen LogP contribution in [0.3, 0.4) is 0 Å². The maximum atomic E-state index is 11.1. The van der Waals surface area contributed by atoms with Crippen LogP contribution in [0.4, 0.5) is 0 Å². The molecule has 2 aromatic rings. The average molecular weight is 274 g/mol. The molecular weight excluding hydrogens is 256 g/mol. The highest BCUT2D eigenvalue weighted by molar-refractivity contribution is 6.00. The van der Waals surface area contributed by atoms with Crippen molar-refractivity contribution in [3.8, 4) is 0 Å². The molecule has 1 aliphatic rings. The molecule has 0 amide bonds. The van der Waals surface area contributed by atoms with Gasteiger partial charge in [-0.2, -0.15) is 0 Å². The van der Waals surface area contributed by atoms with E-state index in [1.807, 2.05) is 6.07 Å². The quantitative estimate of drug-likeness (QED) is 0.866. The summed E-state index contributed by atoms with van der Waals surface area (Å²) < 4.78 is 1.80. The van der Waals surface area contributed by atoms with Gasteiger partial charge in [0.15, 0.2) is 0 Å². The lowest BCUT2D eigenvalue weighted by Crippen LogP contribution is -2.29. The molecule has 6 heteroatoms. The van der Waals surface area contributed by atoms with Crippen molar-refractivity contribution >= 4 is 17.0 Å². The molecule has 106 valence electrons. The van der Waals surface area contributed by atoms with Gasteiger partial charge in [0, 0.05) is 12.6 Å². The van der Waals surface area contributed by atoms with E-state index in [0.29, 0.717) is 5.52 Å². The molecule has 3 rings (SSSR count). The van der Waals surface area contributed by atoms with Crippen LogP contribution in [-0.2, 0) is 6.54 Å². The molecule has 1 aromatic heterocycles. The number of rotatable bonds is 6. The minimum Gasteiger partial charge on any atom is -0.478 e. The zero-order valence-corrected chi connectivity index (χ0v) is 11.5. The van der Waals surface area contributed by atoms with E-state index >= 15 is 0 Å². The van der Waals surface area contributed by atoms with E-state index in [2.05, 4.69) is 22.1 Å². The van der Waals surface area contributed by atoms with Crippen LogP contribution in [-0.4, -0.2) is 50.1 Å². The first-order valence-corrected chi connectivity index (χ1v) is 7.00. The van der Waals surface area contributed by atoms with Crippen molar-refractivity contribution in [2.24, 2.45) is 0 Å². The fraction of sp³-hybridized carbons (Fsp3) is 0.500. The molecule has 0 atom stereocenters. The molecule has 20 heavy (non-hydrogen) atoms. The number of benzene rings is 1. The van der Waals surface area contributed by atoms with Gasteiger partial charge in [0.05, 0.1) is 17.6 Å². The summed E-state index contributed by atoms with van der Waals surface area (Å²) in [5.74, 6) is -0.962. The highest BCUT2D eigenvalue weighted by atomic mass is 16.4. The third-order valence-electron chi connectivity index (χ3n) is 3.84. The second-order valence-electron chi connectivity index (χ2n) is 5.15. The lowest BCUT2D eigenvalue weighted by Gasteiger charge is -2.19. The van der Waals surface area contributed by atoms with Crippen LogP contribution in [0, 0.1) is 0 Å². The highest BCUT2D eigenvalue weighted by Crippen LogP contribution is 2.26. The van der Waals surface area contributed by atoms with Crippen molar-refractivity contribution in [2.75, 3.05) is 13.1 Å². The Morgan fingerprint density at radius 3 is 2.95 bits per heavy atom. The van der Waals surface area contributed by atoms with E-state index in [9.17, 15) is 4.79 Å². The van der Waals surface area contributed by atoms with Gasteiger partial charge in [0.1, 0.15) is 5.52 Å². The van der Waals surface area contributed by atoms with E-state index in [1.54, 1.807) is 16.8 Å². The third kappa shape index (κ3) is 2.38. The van der Waals surface area contributed by atoms with E-state index in [4.69, 9.17) is 5.11 Å². The van der Waals surface area contributed by atoms with E-state index in [1.165, 1.54) is 12.8 Å². The van der Waals surface area contributed by atoms with Crippen molar-refractivity contribution in [1.29, 1.82) is 0 Å². The van der Waals surface area contributed by atoms with Gasteiger partial charge in [0.2, 0.25) is 0 Å². The van der Waals surface area contributed by atoms with Crippen LogP contribution in [0.2, 0.25) is 0 Å². The molecule has 0 unspecified atom stereocenters. The molecule has 0 radical (unpaired) electrons. The van der Waals surface area contributed by atoms with Gasteiger partial charge in [-0.05, 0) is 31.5 Å². The van der Waals surface area contributed by atoms with Gasteiger partial charge < -0.3 is 5.11 Å². The zero-order chi connectivity index (χ0) is 14.1. The first kappa shape index (κ1) is 13.1. The van der Waals surface area contributed by atoms with Crippen molar-refractivity contribution < 1.29 is 9.90 Å². The van der Waals surface area contributed by atoms with Gasteiger partial charge in [0.25, 0.3) is 0 Å². The van der Waals surface area contributed by atoms with Gasteiger partial charge in [-0.3, -0.25) is 4.90 Å². The predicted octanol–water partition coefficient (Wildman–Crippen LogP) is 1.61. The topological polar surface area (TPSA) is 71.2 Å². The second-order valence-corrected chi connectivity index (χ2v) is 5.15. The Labute approximate surface area is 117 Å². The first-order valence-electron chi connectivity index (χ1n) is 7.00. The summed E-state index contributed by atoms with van der Waals surface area (Å²) in [6.45, 7) is 4.87. The van der Waals surface area contributed by atoms with Crippen molar-refractivity contribution in [3.05, 3.63) is 23.8 Å². The molecule has 1 fully saturated rings. The largest absolute Gasteiger partial charge is 0.478 e. The Bertz CT molecular complexity index is 633. The zero-order valence-electron chi connectivity index (χ0n) is 11.5. The fourth-order valence-electron chi connectivity index (χ4n) is 2.59. The Kier molecular flexibility index (Phi) is 3.40. The number of likely N-dealkylation sites (N-methyl/N-ethyl adjacent to an activating group) is 1. The average Bonchev–Trinajstić information content (AvgIpc) is 3.20. The molecule has 0 spiro atoms. The molecule has 1 saturated carbocycles. The lowest BCUT2D eigenvalue weighted by molar-refractivity contribution is 0.0699. The van der Waals surface area contributed by atoms with Crippen LogP contribution in [0.5, 0.6) is 0 Å². The Balaban J connectivity index is 1.81. The molecule has 1 aromatic carbocycles. The van der Waals surface area contributed by atoms with Crippen molar-refractivity contribution in [3.63, 3.8) is 0 Å². The number of aromatic nitrogens is 3. The first-order chi connectivity index (χ1) is 9.70. The van der Waals surface area contributed by atoms with Crippen molar-refractivity contribution in [1.82, 2.24) is 19.9 Å².